The first-order valence-electron chi connectivity index (χ1n) is 6.69. The lowest BCUT2D eigenvalue weighted by Gasteiger charge is -2.29. The SMILES string of the molecule is CCN(C(C)CN(C)C)S(=O)(=O)c1ccccc1CO. The predicted octanol–water partition coefficient (Wildman–Crippen LogP) is 1.14. The van der Waals surface area contributed by atoms with Gasteiger partial charge in [-0.1, -0.05) is 25.1 Å². The zero-order chi connectivity index (χ0) is 15.3. The first kappa shape index (κ1) is 17.1. The molecule has 0 spiro atoms. The molecule has 0 heterocycles. The van der Waals surface area contributed by atoms with Crippen molar-refractivity contribution in [3.05, 3.63) is 29.8 Å². The van der Waals surface area contributed by atoms with Gasteiger partial charge < -0.3 is 10.0 Å². The van der Waals surface area contributed by atoms with Crippen LogP contribution in [0.2, 0.25) is 0 Å². The lowest BCUT2D eigenvalue weighted by molar-refractivity contribution is 0.267. The number of aliphatic hydroxyl groups excluding tert-OH is 1. The molecule has 0 saturated carbocycles. The molecule has 5 nitrogen and oxygen atoms in total. The standard InChI is InChI=1S/C14H24N2O3S/c1-5-16(12(2)10-15(3)4)20(18,19)14-9-7-6-8-13(14)11-17/h6-9,12,17H,5,10-11H2,1-4H3. The van der Waals surface area contributed by atoms with E-state index in [1.165, 1.54) is 4.31 Å². The van der Waals surface area contributed by atoms with Gasteiger partial charge in [0.25, 0.3) is 0 Å². The molecule has 0 radical (unpaired) electrons. The fourth-order valence-electron chi connectivity index (χ4n) is 2.35. The molecule has 1 N–H and O–H groups in total. The van der Waals surface area contributed by atoms with Crippen LogP contribution in [0.5, 0.6) is 0 Å². The van der Waals surface area contributed by atoms with E-state index >= 15 is 0 Å². The Hall–Kier alpha value is -0.950. The van der Waals surface area contributed by atoms with E-state index in [4.69, 9.17) is 0 Å². The smallest absolute Gasteiger partial charge is 0.243 e. The summed E-state index contributed by atoms with van der Waals surface area (Å²) in [6, 6.07) is 6.45. The number of likely N-dealkylation sites (N-methyl/N-ethyl adjacent to an activating group) is 2. The topological polar surface area (TPSA) is 60.9 Å². The Morgan fingerprint density at radius 3 is 2.35 bits per heavy atom. The van der Waals surface area contributed by atoms with Crippen LogP contribution in [0, 0.1) is 0 Å². The Morgan fingerprint density at radius 2 is 1.85 bits per heavy atom. The van der Waals surface area contributed by atoms with E-state index < -0.39 is 10.0 Å². The van der Waals surface area contributed by atoms with Gasteiger partial charge in [-0.25, -0.2) is 8.42 Å². The number of aliphatic hydroxyl groups is 1. The van der Waals surface area contributed by atoms with E-state index in [1.54, 1.807) is 24.3 Å². The molecular weight excluding hydrogens is 276 g/mol. The zero-order valence-corrected chi connectivity index (χ0v) is 13.4. The summed E-state index contributed by atoms with van der Waals surface area (Å²) in [5.41, 5.74) is 0.433. The van der Waals surface area contributed by atoms with Crippen molar-refractivity contribution in [3.8, 4) is 0 Å². The highest BCUT2D eigenvalue weighted by atomic mass is 32.2. The number of hydrogen-bond donors (Lipinski definition) is 1. The highest BCUT2D eigenvalue weighted by Gasteiger charge is 2.29. The molecule has 0 aliphatic heterocycles. The second-order valence-electron chi connectivity index (χ2n) is 5.09. The molecule has 1 aromatic carbocycles. The van der Waals surface area contributed by atoms with Crippen molar-refractivity contribution in [1.29, 1.82) is 0 Å². The average Bonchev–Trinajstić information content (AvgIpc) is 2.38. The fourth-order valence-corrected chi connectivity index (χ4v) is 4.20. The summed E-state index contributed by atoms with van der Waals surface area (Å²) < 4.78 is 27.0. The molecule has 0 aromatic heterocycles. The summed E-state index contributed by atoms with van der Waals surface area (Å²) in [5, 5.41) is 9.33. The maximum absolute atomic E-state index is 12.8. The first-order valence-corrected chi connectivity index (χ1v) is 8.14. The van der Waals surface area contributed by atoms with E-state index in [9.17, 15) is 13.5 Å². The minimum atomic E-state index is -3.59. The Morgan fingerprint density at radius 1 is 1.25 bits per heavy atom. The molecular formula is C14H24N2O3S. The van der Waals surface area contributed by atoms with Gasteiger partial charge in [-0.2, -0.15) is 4.31 Å². The first-order chi connectivity index (χ1) is 9.34. The van der Waals surface area contributed by atoms with Gasteiger partial charge in [-0.3, -0.25) is 0 Å². The van der Waals surface area contributed by atoms with Gasteiger partial charge in [0.1, 0.15) is 0 Å². The number of benzene rings is 1. The van der Waals surface area contributed by atoms with Crippen LogP contribution >= 0.6 is 0 Å². The molecule has 20 heavy (non-hydrogen) atoms. The maximum atomic E-state index is 12.8. The van der Waals surface area contributed by atoms with E-state index in [1.807, 2.05) is 32.8 Å². The van der Waals surface area contributed by atoms with Gasteiger partial charge in [-0.15, -0.1) is 0 Å². The van der Waals surface area contributed by atoms with E-state index in [0.717, 1.165) is 0 Å². The maximum Gasteiger partial charge on any atom is 0.243 e. The molecule has 1 aromatic rings. The van der Waals surface area contributed by atoms with E-state index in [0.29, 0.717) is 18.7 Å². The zero-order valence-electron chi connectivity index (χ0n) is 12.6. The summed E-state index contributed by atoms with van der Waals surface area (Å²) in [7, 11) is 0.239. The Labute approximate surface area is 121 Å². The monoisotopic (exact) mass is 300 g/mol. The lowest BCUT2D eigenvalue weighted by Crippen LogP contribution is -2.43. The van der Waals surface area contributed by atoms with Crippen LogP contribution in [-0.2, 0) is 16.6 Å². The van der Waals surface area contributed by atoms with Crippen molar-refractivity contribution >= 4 is 10.0 Å². The van der Waals surface area contributed by atoms with Crippen molar-refractivity contribution in [2.75, 3.05) is 27.2 Å². The average molecular weight is 300 g/mol. The van der Waals surface area contributed by atoms with Crippen LogP contribution < -0.4 is 0 Å². The summed E-state index contributed by atoms with van der Waals surface area (Å²) >= 11 is 0. The number of sulfonamides is 1. The number of hydrogen-bond acceptors (Lipinski definition) is 4. The van der Waals surface area contributed by atoms with Crippen LogP contribution in [0.4, 0.5) is 0 Å². The summed E-state index contributed by atoms with van der Waals surface area (Å²) in [6.45, 7) is 4.48. The molecule has 1 atom stereocenters. The molecule has 1 unspecified atom stereocenters. The van der Waals surface area contributed by atoms with Gasteiger partial charge in [0.2, 0.25) is 10.0 Å². The summed E-state index contributed by atoms with van der Waals surface area (Å²) in [5.74, 6) is 0. The molecule has 0 fully saturated rings. The minimum Gasteiger partial charge on any atom is -0.392 e. The molecule has 0 aliphatic rings. The molecule has 6 heteroatoms. The second-order valence-corrected chi connectivity index (χ2v) is 6.94. The second kappa shape index (κ2) is 7.17. The molecule has 0 bridgehead atoms. The normalized spacial score (nSPS) is 13.9. The predicted molar refractivity (Wildman–Crippen MR) is 79.9 cm³/mol. The van der Waals surface area contributed by atoms with Gasteiger partial charge in [0.05, 0.1) is 11.5 Å². The number of nitrogens with zero attached hydrogens (tertiary/aromatic N) is 2. The van der Waals surface area contributed by atoms with Crippen LogP contribution in [0.15, 0.2) is 29.2 Å². The Bertz CT molecular complexity index is 529. The molecule has 0 amide bonds. The molecule has 0 aliphatic carbocycles. The third kappa shape index (κ3) is 3.79. The van der Waals surface area contributed by atoms with Crippen molar-refractivity contribution < 1.29 is 13.5 Å². The van der Waals surface area contributed by atoms with Crippen LogP contribution in [-0.4, -0.2) is 56.0 Å². The summed E-state index contributed by atoms with van der Waals surface area (Å²) in [4.78, 5) is 2.15. The Balaban J connectivity index is 3.18. The van der Waals surface area contributed by atoms with Crippen LogP contribution in [0.25, 0.3) is 0 Å². The highest BCUT2D eigenvalue weighted by Crippen LogP contribution is 2.22. The van der Waals surface area contributed by atoms with Gasteiger partial charge >= 0.3 is 0 Å². The molecule has 114 valence electrons. The van der Waals surface area contributed by atoms with Crippen LogP contribution in [0.3, 0.4) is 0 Å². The van der Waals surface area contributed by atoms with Crippen LogP contribution in [0.1, 0.15) is 19.4 Å². The van der Waals surface area contributed by atoms with E-state index in [2.05, 4.69) is 0 Å². The van der Waals surface area contributed by atoms with Crippen molar-refractivity contribution in [1.82, 2.24) is 9.21 Å². The lowest BCUT2D eigenvalue weighted by atomic mass is 10.2. The highest BCUT2D eigenvalue weighted by molar-refractivity contribution is 7.89. The minimum absolute atomic E-state index is 0.133. The molecule has 0 saturated heterocycles. The third-order valence-corrected chi connectivity index (χ3v) is 5.35. The fraction of sp³-hybridized carbons (Fsp3) is 0.571. The van der Waals surface area contributed by atoms with Crippen molar-refractivity contribution in [2.45, 2.75) is 31.4 Å². The van der Waals surface area contributed by atoms with Gasteiger partial charge in [0, 0.05) is 19.1 Å². The van der Waals surface area contributed by atoms with E-state index in [-0.39, 0.29) is 17.5 Å². The Kier molecular flexibility index (Phi) is 6.13. The number of rotatable bonds is 7. The summed E-state index contributed by atoms with van der Waals surface area (Å²) in [6.07, 6.45) is 0. The quantitative estimate of drug-likeness (QED) is 0.820. The van der Waals surface area contributed by atoms with Crippen molar-refractivity contribution in [2.24, 2.45) is 0 Å². The van der Waals surface area contributed by atoms with Gasteiger partial charge in [0.15, 0.2) is 0 Å². The third-order valence-electron chi connectivity index (χ3n) is 3.16. The molecule has 1 rings (SSSR count). The van der Waals surface area contributed by atoms with Crippen molar-refractivity contribution in [3.63, 3.8) is 0 Å². The largest absolute Gasteiger partial charge is 0.392 e. The van der Waals surface area contributed by atoms with Gasteiger partial charge in [-0.05, 0) is 32.6 Å².